The zero-order valence-corrected chi connectivity index (χ0v) is 19.1. The van der Waals surface area contributed by atoms with Crippen LogP contribution < -0.4 is 24.8 Å². The molecule has 0 bridgehead atoms. The van der Waals surface area contributed by atoms with Crippen LogP contribution >= 0.6 is 0 Å². The summed E-state index contributed by atoms with van der Waals surface area (Å²) in [7, 11) is 0. The second-order valence-corrected chi connectivity index (χ2v) is 5.86. The summed E-state index contributed by atoms with van der Waals surface area (Å²) >= 11 is 0. The number of hydrogen-bond acceptors (Lipinski definition) is 0. The van der Waals surface area contributed by atoms with Crippen LogP contribution in [-0.2, 0) is 32.6 Å². The first kappa shape index (κ1) is 25.7. The molecule has 0 amide bonds. The third-order valence-corrected chi connectivity index (χ3v) is 4.05. The van der Waals surface area contributed by atoms with E-state index in [1.807, 2.05) is 12.2 Å². The van der Waals surface area contributed by atoms with Crippen LogP contribution in [0.2, 0.25) is 0 Å². The van der Waals surface area contributed by atoms with Crippen molar-refractivity contribution in [3.63, 3.8) is 0 Å². The van der Waals surface area contributed by atoms with Gasteiger partial charge in [0.2, 0.25) is 0 Å². The molecule has 27 heavy (non-hydrogen) atoms. The van der Waals surface area contributed by atoms with Gasteiger partial charge in [-0.3, -0.25) is 0 Å². The molecule has 0 heterocycles. The number of benzene rings is 2. The normalized spacial score (nSPS) is 12.5. The van der Waals surface area contributed by atoms with Gasteiger partial charge in [0.05, 0.1) is 0 Å². The van der Waals surface area contributed by atoms with Crippen molar-refractivity contribution in [3.05, 3.63) is 114 Å². The van der Waals surface area contributed by atoms with Crippen LogP contribution in [0.15, 0.2) is 103 Å². The van der Waals surface area contributed by atoms with Crippen molar-refractivity contribution < 1.29 is 51.0 Å². The topological polar surface area (TPSA) is 0 Å². The summed E-state index contributed by atoms with van der Waals surface area (Å²) in [5.74, 6) is 0. The number of allylic oxidation sites excluding steroid dienone is 6. The molecular formula is C24H22Cl2Zr. The molecule has 136 valence electrons. The third-order valence-electron chi connectivity index (χ3n) is 4.05. The van der Waals surface area contributed by atoms with Crippen LogP contribution in [0, 0.1) is 6.08 Å². The fraction of sp³-hybridized carbons (Fsp3) is 0.125. The molecule has 1 aliphatic carbocycles. The number of hydrogen-bond donors (Lipinski definition) is 0. The van der Waals surface area contributed by atoms with E-state index in [0.717, 1.165) is 12.8 Å². The van der Waals surface area contributed by atoms with Gasteiger partial charge in [0.25, 0.3) is 0 Å². The van der Waals surface area contributed by atoms with Gasteiger partial charge in [-0.1, -0.05) is 49.2 Å². The molecule has 0 N–H and O–H groups in total. The van der Waals surface area contributed by atoms with E-state index in [1.165, 1.54) is 28.3 Å². The Bertz CT molecular complexity index is 801. The van der Waals surface area contributed by atoms with Crippen LogP contribution in [0.4, 0.5) is 0 Å². The van der Waals surface area contributed by atoms with Crippen molar-refractivity contribution >= 4 is 10.8 Å². The molecule has 3 heteroatoms. The molecule has 0 spiro atoms. The second kappa shape index (κ2) is 14.7. The molecule has 0 fully saturated rings. The summed E-state index contributed by atoms with van der Waals surface area (Å²) in [5, 5.41) is 2.66. The van der Waals surface area contributed by atoms with Gasteiger partial charge in [0, 0.05) is 0 Å². The molecule has 0 saturated carbocycles. The van der Waals surface area contributed by atoms with Gasteiger partial charge in [-0.15, -0.1) is 35.7 Å². The van der Waals surface area contributed by atoms with E-state index in [1.54, 1.807) is 0 Å². The summed E-state index contributed by atoms with van der Waals surface area (Å²) in [6, 6.07) is 25.3. The predicted octanol–water partition coefficient (Wildman–Crippen LogP) is 0.429. The van der Waals surface area contributed by atoms with Crippen LogP contribution in [0.3, 0.4) is 0 Å². The minimum atomic E-state index is 0. The van der Waals surface area contributed by atoms with Gasteiger partial charge >= 0.3 is 26.2 Å². The van der Waals surface area contributed by atoms with Crippen molar-refractivity contribution in [3.8, 4) is 0 Å². The van der Waals surface area contributed by atoms with Crippen molar-refractivity contribution in [1.82, 2.24) is 0 Å². The van der Waals surface area contributed by atoms with Gasteiger partial charge in [0.15, 0.2) is 0 Å². The molecule has 0 radical (unpaired) electrons. The minimum absolute atomic E-state index is 0. The van der Waals surface area contributed by atoms with E-state index in [9.17, 15) is 0 Å². The van der Waals surface area contributed by atoms with Crippen molar-refractivity contribution in [1.29, 1.82) is 0 Å². The first-order chi connectivity index (χ1) is 11.9. The molecule has 0 saturated heterocycles. The van der Waals surface area contributed by atoms with Crippen LogP contribution in [-0.4, -0.2) is 0 Å². The monoisotopic (exact) mass is 470 g/mol. The maximum absolute atomic E-state index is 3.18. The summed E-state index contributed by atoms with van der Waals surface area (Å²) in [5.41, 5.74) is 2.65. The Morgan fingerprint density at radius 2 is 1.63 bits per heavy atom. The van der Waals surface area contributed by atoms with E-state index < -0.39 is 0 Å². The van der Waals surface area contributed by atoms with Gasteiger partial charge < -0.3 is 24.8 Å². The predicted molar refractivity (Wildman–Crippen MR) is 104 cm³/mol. The van der Waals surface area contributed by atoms with Crippen LogP contribution in [0.5, 0.6) is 0 Å². The Morgan fingerprint density at radius 3 is 2.33 bits per heavy atom. The molecule has 0 atom stereocenters. The van der Waals surface area contributed by atoms with Crippen LogP contribution in [0.1, 0.15) is 18.4 Å². The Morgan fingerprint density at radius 1 is 0.889 bits per heavy atom. The van der Waals surface area contributed by atoms with E-state index >= 15 is 0 Å². The average molecular weight is 473 g/mol. The van der Waals surface area contributed by atoms with Gasteiger partial charge in [0.1, 0.15) is 0 Å². The molecular weight excluding hydrogens is 450 g/mol. The van der Waals surface area contributed by atoms with Crippen molar-refractivity contribution in [2.24, 2.45) is 0 Å². The van der Waals surface area contributed by atoms with Crippen molar-refractivity contribution in [2.75, 3.05) is 0 Å². The van der Waals surface area contributed by atoms with Gasteiger partial charge in [-0.25, -0.2) is 0 Å². The zero-order valence-electron chi connectivity index (χ0n) is 15.1. The number of fused-ring (bicyclic) bond motifs is 1. The molecule has 4 rings (SSSR count). The quantitative estimate of drug-likeness (QED) is 0.382. The maximum Gasteiger partial charge on any atom is 4.00 e. The molecule has 0 unspecified atom stereocenters. The summed E-state index contributed by atoms with van der Waals surface area (Å²) < 4.78 is 0. The standard InChI is InChI=1S/C15H15.C9H7.2ClH.Zr/c1-2-8-14(9-3-1)10-4-5-11-15-12-6-7-13-15;1-2-5-9-7-3-6-8(9)4-1;;;/h1-3,6-9,11-12H,4-5,10H2;1-7H;2*1H;/q2*-1;;;+4/p-2. The van der Waals surface area contributed by atoms with Gasteiger partial charge in [-0.05, 0) is 12.0 Å². The smallest absolute Gasteiger partial charge is 1.00 e. The molecule has 1 aliphatic rings. The molecule has 3 aromatic carbocycles. The Hall–Kier alpha value is -1.27. The summed E-state index contributed by atoms with van der Waals surface area (Å²) in [4.78, 5) is 0. The van der Waals surface area contributed by atoms with Gasteiger partial charge in [-0.2, -0.15) is 47.4 Å². The third kappa shape index (κ3) is 8.98. The van der Waals surface area contributed by atoms with E-state index in [4.69, 9.17) is 0 Å². The molecule has 0 aliphatic heterocycles. The number of halogens is 2. The molecule has 3 aromatic rings. The number of aryl methyl sites for hydroxylation is 1. The fourth-order valence-corrected chi connectivity index (χ4v) is 2.75. The van der Waals surface area contributed by atoms with E-state index in [0.29, 0.717) is 0 Å². The SMILES string of the molecule is [C-]1=CC=CC1=CCCCc1ccccc1.[Cl-].[Cl-].[Zr+4].c1ccc2[cH-]ccc2c1. The zero-order chi connectivity index (χ0) is 16.5. The van der Waals surface area contributed by atoms with E-state index in [-0.39, 0.29) is 51.0 Å². The first-order valence-electron chi connectivity index (χ1n) is 8.53. The largest absolute Gasteiger partial charge is 4.00 e. The number of unbranched alkanes of at least 4 members (excludes halogenated alkanes) is 1. The fourth-order valence-electron chi connectivity index (χ4n) is 2.75. The molecule has 0 aromatic heterocycles. The average Bonchev–Trinajstić information content (AvgIpc) is 3.32. The Kier molecular flexibility index (Phi) is 14.1. The summed E-state index contributed by atoms with van der Waals surface area (Å²) in [6.07, 6.45) is 15.0. The summed E-state index contributed by atoms with van der Waals surface area (Å²) in [6.45, 7) is 0. The Labute approximate surface area is 194 Å². The second-order valence-electron chi connectivity index (χ2n) is 5.86. The number of rotatable bonds is 4. The Balaban J connectivity index is 0.000000491. The molecule has 0 nitrogen and oxygen atoms in total. The maximum atomic E-state index is 3.18. The van der Waals surface area contributed by atoms with Crippen LogP contribution in [0.25, 0.3) is 10.8 Å². The van der Waals surface area contributed by atoms with E-state index in [2.05, 4.69) is 91.0 Å². The minimum Gasteiger partial charge on any atom is -1.00 e. The van der Waals surface area contributed by atoms with Crippen molar-refractivity contribution in [2.45, 2.75) is 19.3 Å². The first-order valence-corrected chi connectivity index (χ1v) is 8.53.